The molecule has 6 nitrogen and oxygen atoms in total. The van der Waals surface area contributed by atoms with Gasteiger partial charge in [0.2, 0.25) is 5.91 Å². The Bertz CT molecular complexity index is 742. The first-order valence-corrected chi connectivity index (χ1v) is 10.0. The lowest BCUT2D eigenvalue weighted by Gasteiger charge is -2.22. The van der Waals surface area contributed by atoms with Gasteiger partial charge in [-0.2, -0.15) is 5.10 Å². The minimum absolute atomic E-state index is 0.0871. The summed E-state index contributed by atoms with van der Waals surface area (Å²) in [6, 6.07) is 2.22. The number of aryl methyl sites for hydroxylation is 4. The minimum Gasteiger partial charge on any atom is -0.348 e. The summed E-state index contributed by atoms with van der Waals surface area (Å²) < 4.78 is 2.08. The van der Waals surface area contributed by atoms with Gasteiger partial charge in [0.15, 0.2) is 0 Å². The number of hydrogen-bond donors (Lipinski definition) is 2. The van der Waals surface area contributed by atoms with E-state index < -0.39 is 0 Å². The minimum atomic E-state index is 0.0871. The van der Waals surface area contributed by atoms with E-state index in [1.165, 1.54) is 10.6 Å². The largest absolute Gasteiger partial charge is 0.348 e. The van der Waals surface area contributed by atoms with Gasteiger partial charge in [-0.05, 0) is 45.2 Å². The highest BCUT2D eigenvalue weighted by molar-refractivity contribution is 7.11. The molecule has 134 valence electrons. The number of aromatic nitrogens is 3. The van der Waals surface area contributed by atoms with Crippen LogP contribution in [0, 0.1) is 6.92 Å². The summed E-state index contributed by atoms with van der Waals surface area (Å²) in [6.07, 6.45) is 5.50. The summed E-state index contributed by atoms with van der Waals surface area (Å²) in [4.78, 5) is 18.4. The number of carbonyl (C=O) groups excluding carboxylic acids is 1. The molecule has 7 heteroatoms. The molecule has 3 heterocycles. The van der Waals surface area contributed by atoms with Crippen molar-refractivity contribution < 1.29 is 4.79 Å². The molecular formula is C18H25N5OS. The molecule has 0 bridgehead atoms. The van der Waals surface area contributed by atoms with Crippen molar-refractivity contribution >= 4 is 17.2 Å². The first kappa shape index (κ1) is 16.7. The standard InChI is InChI=1S/C18H25N5OS/c1-12-20-18-15(4-2-5-16(18)25-12)21-17(24)7-6-13-10-14-11-19-8-3-9-23(14)22-13/h10,15,19H,2-9,11H2,1H3,(H,21,24)/t15-/m0/s1. The van der Waals surface area contributed by atoms with Crippen LogP contribution in [-0.2, 0) is 30.7 Å². The fraction of sp³-hybridized carbons (Fsp3) is 0.611. The Kier molecular flexibility index (Phi) is 4.85. The molecule has 2 aliphatic rings. The van der Waals surface area contributed by atoms with Crippen LogP contribution in [0.25, 0.3) is 0 Å². The van der Waals surface area contributed by atoms with Gasteiger partial charge in [-0.1, -0.05) is 0 Å². The first-order valence-electron chi connectivity index (χ1n) is 9.21. The van der Waals surface area contributed by atoms with Crippen LogP contribution in [0.4, 0.5) is 0 Å². The van der Waals surface area contributed by atoms with Crippen LogP contribution in [-0.4, -0.2) is 27.2 Å². The van der Waals surface area contributed by atoms with Gasteiger partial charge in [-0.3, -0.25) is 9.48 Å². The molecule has 2 N–H and O–H groups in total. The number of thiazole rings is 1. The highest BCUT2D eigenvalue weighted by atomic mass is 32.1. The second-order valence-corrected chi connectivity index (χ2v) is 8.22. The molecule has 25 heavy (non-hydrogen) atoms. The summed E-state index contributed by atoms with van der Waals surface area (Å²) in [6.45, 7) is 4.91. The molecule has 2 aromatic heterocycles. The molecule has 1 atom stereocenters. The fourth-order valence-corrected chi connectivity index (χ4v) is 4.77. The lowest BCUT2D eigenvalue weighted by molar-refractivity contribution is -0.121. The lowest BCUT2D eigenvalue weighted by atomic mass is 9.97. The Morgan fingerprint density at radius 1 is 1.48 bits per heavy atom. The van der Waals surface area contributed by atoms with Crippen LogP contribution in [0.1, 0.15) is 58.7 Å². The number of fused-ring (bicyclic) bond motifs is 2. The van der Waals surface area contributed by atoms with Crippen molar-refractivity contribution in [3.8, 4) is 0 Å². The zero-order chi connectivity index (χ0) is 17.2. The molecule has 2 aromatic rings. The van der Waals surface area contributed by atoms with Crippen LogP contribution in [0.15, 0.2) is 6.07 Å². The highest BCUT2D eigenvalue weighted by Gasteiger charge is 2.25. The van der Waals surface area contributed by atoms with Gasteiger partial charge in [0.05, 0.1) is 28.1 Å². The third-order valence-electron chi connectivity index (χ3n) is 4.95. The molecule has 0 spiro atoms. The topological polar surface area (TPSA) is 71.8 Å². The van der Waals surface area contributed by atoms with Crippen LogP contribution >= 0.6 is 11.3 Å². The van der Waals surface area contributed by atoms with Crippen molar-refractivity contribution in [2.45, 2.75) is 64.6 Å². The van der Waals surface area contributed by atoms with E-state index in [0.717, 1.165) is 61.7 Å². The Balaban J connectivity index is 1.34. The van der Waals surface area contributed by atoms with E-state index in [9.17, 15) is 4.79 Å². The third-order valence-corrected chi connectivity index (χ3v) is 5.99. The summed E-state index contributed by atoms with van der Waals surface area (Å²) in [5, 5.41) is 12.3. The number of carbonyl (C=O) groups is 1. The molecule has 1 aliphatic heterocycles. The molecule has 1 aliphatic carbocycles. The van der Waals surface area contributed by atoms with E-state index in [-0.39, 0.29) is 11.9 Å². The number of nitrogens with one attached hydrogen (secondary N) is 2. The van der Waals surface area contributed by atoms with E-state index in [2.05, 4.69) is 31.5 Å². The van der Waals surface area contributed by atoms with Gasteiger partial charge in [0.25, 0.3) is 0 Å². The van der Waals surface area contributed by atoms with Crippen LogP contribution < -0.4 is 10.6 Å². The van der Waals surface area contributed by atoms with E-state index in [1.807, 2.05) is 6.92 Å². The maximum Gasteiger partial charge on any atom is 0.220 e. The molecule has 0 saturated carbocycles. The Hall–Kier alpha value is -1.73. The van der Waals surface area contributed by atoms with Crippen molar-refractivity contribution in [2.75, 3.05) is 6.54 Å². The lowest BCUT2D eigenvalue weighted by Crippen LogP contribution is -2.31. The van der Waals surface area contributed by atoms with Gasteiger partial charge >= 0.3 is 0 Å². The smallest absolute Gasteiger partial charge is 0.220 e. The Labute approximate surface area is 152 Å². The SMILES string of the molecule is Cc1nc2c(s1)CCC[C@@H]2NC(=O)CCc1cc2n(n1)CCCNC2. The highest BCUT2D eigenvalue weighted by Crippen LogP contribution is 2.33. The van der Waals surface area contributed by atoms with Gasteiger partial charge in [0.1, 0.15) is 0 Å². The first-order chi connectivity index (χ1) is 12.2. The average molecular weight is 359 g/mol. The van der Waals surface area contributed by atoms with Crippen LogP contribution in [0.3, 0.4) is 0 Å². The maximum absolute atomic E-state index is 12.4. The van der Waals surface area contributed by atoms with Gasteiger partial charge in [0, 0.05) is 30.8 Å². The monoisotopic (exact) mass is 359 g/mol. The maximum atomic E-state index is 12.4. The summed E-state index contributed by atoms with van der Waals surface area (Å²) in [5.41, 5.74) is 3.34. The molecule has 1 amide bonds. The zero-order valence-corrected chi connectivity index (χ0v) is 15.5. The Morgan fingerprint density at radius 2 is 2.40 bits per heavy atom. The molecule has 0 saturated heterocycles. The predicted molar refractivity (Wildman–Crippen MR) is 97.5 cm³/mol. The van der Waals surface area contributed by atoms with Crippen molar-refractivity contribution in [3.63, 3.8) is 0 Å². The second-order valence-electron chi connectivity index (χ2n) is 6.93. The van der Waals surface area contributed by atoms with Crippen molar-refractivity contribution in [1.29, 1.82) is 0 Å². The molecule has 4 rings (SSSR count). The van der Waals surface area contributed by atoms with E-state index >= 15 is 0 Å². The van der Waals surface area contributed by atoms with Crippen molar-refractivity contribution in [1.82, 2.24) is 25.4 Å². The van der Waals surface area contributed by atoms with Crippen LogP contribution in [0.2, 0.25) is 0 Å². The normalized spacial score (nSPS) is 19.8. The molecular weight excluding hydrogens is 334 g/mol. The summed E-state index contributed by atoms with van der Waals surface area (Å²) >= 11 is 1.77. The van der Waals surface area contributed by atoms with Gasteiger partial charge in [-0.25, -0.2) is 4.98 Å². The Morgan fingerprint density at radius 3 is 3.32 bits per heavy atom. The van der Waals surface area contributed by atoms with E-state index in [0.29, 0.717) is 12.8 Å². The molecule has 0 radical (unpaired) electrons. The number of rotatable bonds is 4. The molecule has 0 aromatic carbocycles. The van der Waals surface area contributed by atoms with Gasteiger partial charge in [-0.15, -0.1) is 11.3 Å². The summed E-state index contributed by atoms with van der Waals surface area (Å²) in [7, 11) is 0. The molecule has 0 fully saturated rings. The fourth-order valence-electron chi connectivity index (χ4n) is 3.73. The van der Waals surface area contributed by atoms with Crippen LogP contribution in [0.5, 0.6) is 0 Å². The van der Waals surface area contributed by atoms with Crippen molar-refractivity contribution in [3.05, 3.63) is 33.0 Å². The second kappa shape index (κ2) is 7.25. The van der Waals surface area contributed by atoms with E-state index in [1.54, 1.807) is 11.3 Å². The average Bonchev–Trinajstić information content (AvgIpc) is 3.09. The third kappa shape index (κ3) is 3.77. The quantitative estimate of drug-likeness (QED) is 0.878. The number of hydrogen-bond acceptors (Lipinski definition) is 5. The zero-order valence-electron chi connectivity index (χ0n) is 14.7. The predicted octanol–water partition coefficient (Wildman–Crippen LogP) is 2.27. The van der Waals surface area contributed by atoms with Crippen molar-refractivity contribution in [2.24, 2.45) is 0 Å². The van der Waals surface area contributed by atoms with Gasteiger partial charge < -0.3 is 10.6 Å². The van der Waals surface area contributed by atoms with E-state index in [4.69, 9.17) is 0 Å². The number of amides is 1. The summed E-state index contributed by atoms with van der Waals surface area (Å²) in [5.74, 6) is 0.102. The number of nitrogens with zero attached hydrogens (tertiary/aromatic N) is 3. The molecule has 0 unspecified atom stereocenters.